The van der Waals surface area contributed by atoms with Crippen LogP contribution >= 0.6 is 0 Å². The maximum absolute atomic E-state index is 12.4. The molecule has 3 rings (SSSR count). The number of aromatic amines is 1. The normalized spacial score (nSPS) is 16.8. The summed E-state index contributed by atoms with van der Waals surface area (Å²) in [5.41, 5.74) is 9.33. The molecule has 0 aliphatic carbocycles. The van der Waals surface area contributed by atoms with Crippen molar-refractivity contribution >= 4 is 16.6 Å². The zero-order valence-electron chi connectivity index (χ0n) is 10.2. The molecule has 0 bridgehead atoms. The molecule has 1 aliphatic rings. The van der Waals surface area contributed by atoms with E-state index in [1.807, 2.05) is 12.1 Å². The molecule has 0 fully saturated rings. The van der Waals surface area contributed by atoms with Gasteiger partial charge in [0.05, 0.1) is 6.54 Å². The summed E-state index contributed by atoms with van der Waals surface area (Å²) in [6.45, 7) is -0.123. The molecule has 1 aromatic heterocycles. The number of hydrogen-bond donors (Lipinski definition) is 2. The molecule has 3 N–H and O–H groups in total. The molecule has 0 radical (unpaired) electrons. The van der Waals surface area contributed by atoms with Gasteiger partial charge in [0.1, 0.15) is 0 Å². The summed E-state index contributed by atoms with van der Waals surface area (Å²) in [4.78, 5) is 4.61. The van der Waals surface area contributed by atoms with E-state index in [1.54, 1.807) is 6.07 Å². The third-order valence-corrected chi connectivity index (χ3v) is 3.48. The van der Waals surface area contributed by atoms with Crippen LogP contribution in [0.2, 0.25) is 0 Å². The van der Waals surface area contributed by atoms with Gasteiger partial charge < -0.3 is 10.7 Å². The smallest absolute Gasteiger partial charge is 0.399 e. The molecule has 2 heterocycles. The van der Waals surface area contributed by atoms with Crippen molar-refractivity contribution in [3.05, 3.63) is 29.5 Å². The number of nitrogens with zero attached hydrogens (tertiary/aromatic N) is 1. The molecule has 1 aliphatic heterocycles. The van der Waals surface area contributed by atoms with E-state index in [-0.39, 0.29) is 0 Å². The van der Waals surface area contributed by atoms with Crippen molar-refractivity contribution < 1.29 is 13.2 Å². The fraction of sp³-hybridized carbons (Fsp3) is 0.385. The van der Waals surface area contributed by atoms with Gasteiger partial charge >= 0.3 is 6.18 Å². The van der Waals surface area contributed by atoms with Crippen molar-refractivity contribution in [2.75, 3.05) is 18.8 Å². The van der Waals surface area contributed by atoms with Crippen molar-refractivity contribution in [1.82, 2.24) is 9.88 Å². The SMILES string of the molecule is Nc1ccc2[nH]c3c(c2c1)CCN(CC(F)(F)F)C3. The van der Waals surface area contributed by atoms with E-state index < -0.39 is 12.7 Å². The van der Waals surface area contributed by atoms with Crippen LogP contribution in [0.5, 0.6) is 0 Å². The van der Waals surface area contributed by atoms with Crippen molar-refractivity contribution in [3.8, 4) is 0 Å². The lowest BCUT2D eigenvalue weighted by molar-refractivity contribution is -0.147. The Morgan fingerprint density at radius 2 is 2.11 bits per heavy atom. The highest BCUT2D eigenvalue weighted by Gasteiger charge is 2.32. The van der Waals surface area contributed by atoms with Crippen LogP contribution in [0.4, 0.5) is 18.9 Å². The highest BCUT2D eigenvalue weighted by atomic mass is 19.4. The minimum absolute atomic E-state index is 0.309. The second-order valence-electron chi connectivity index (χ2n) is 4.96. The van der Waals surface area contributed by atoms with E-state index in [0.29, 0.717) is 25.2 Å². The molecule has 19 heavy (non-hydrogen) atoms. The predicted octanol–water partition coefficient (Wildman–Crippen LogP) is 2.67. The molecule has 6 heteroatoms. The first-order valence-corrected chi connectivity index (χ1v) is 6.10. The van der Waals surface area contributed by atoms with Gasteiger partial charge in [0.15, 0.2) is 0 Å². The fourth-order valence-electron chi connectivity index (χ4n) is 2.70. The summed E-state index contributed by atoms with van der Waals surface area (Å²) in [7, 11) is 0. The van der Waals surface area contributed by atoms with Gasteiger partial charge in [-0.05, 0) is 30.2 Å². The maximum Gasteiger partial charge on any atom is 0.401 e. The summed E-state index contributed by atoms with van der Waals surface area (Å²) in [6.07, 6.45) is -3.52. The van der Waals surface area contributed by atoms with E-state index in [2.05, 4.69) is 4.98 Å². The van der Waals surface area contributed by atoms with Crippen LogP contribution in [0.1, 0.15) is 11.3 Å². The second kappa shape index (κ2) is 4.16. The Bertz CT molecular complexity index is 615. The van der Waals surface area contributed by atoms with Crippen molar-refractivity contribution in [3.63, 3.8) is 0 Å². The monoisotopic (exact) mass is 269 g/mol. The number of hydrogen-bond acceptors (Lipinski definition) is 2. The number of fused-ring (bicyclic) bond motifs is 3. The Labute approximate surface area is 108 Å². The van der Waals surface area contributed by atoms with Crippen LogP contribution < -0.4 is 5.73 Å². The van der Waals surface area contributed by atoms with E-state index in [1.165, 1.54) is 4.90 Å². The molecule has 0 spiro atoms. The molecule has 3 nitrogen and oxygen atoms in total. The summed E-state index contributed by atoms with van der Waals surface area (Å²) in [5.74, 6) is 0. The van der Waals surface area contributed by atoms with Gasteiger partial charge in [-0.15, -0.1) is 0 Å². The lowest BCUT2D eigenvalue weighted by Crippen LogP contribution is -2.37. The molecule has 102 valence electrons. The number of anilines is 1. The molecule has 2 aromatic rings. The van der Waals surface area contributed by atoms with Crippen molar-refractivity contribution in [1.29, 1.82) is 0 Å². The fourth-order valence-corrected chi connectivity index (χ4v) is 2.70. The van der Waals surface area contributed by atoms with Gasteiger partial charge in [-0.2, -0.15) is 13.2 Å². The minimum atomic E-state index is -4.14. The van der Waals surface area contributed by atoms with Gasteiger partial charge in [0, 0.05) is 35.4 Å². The number of aromatic nitrogens is 1. The first-order chi connectivity index (χ1) is 8.92. The largest absolute Gasteiger partial charge is 0.401 e. The first kappa shape index (κ1) is 12.3. The number of alkyl halides is 3. The van der Waals surface area contributed by atoms with Crippen molar-refractivity contribution in [2.24, 2.45) is 0 Å². The van der Waals surface area contributed by atoms with Crippen LogP contribution in [-0.4, -0.2) is 29.1 Å². The maximum atomic E-state index is 12.4. The van der Waals surface area contributed by atoms with Gasteiger partial charge in [-0.3, -0.25) is 4.90 Å². The molecule has 1 aromatic carbocycles. The Kier molecular flexibility index (Phi) is 2.70. The average molecular weight is 269 g/mol. The highest BCUT2D eigenvalue weighted by molar-refractivity contribution is 5.87. The lowest BCUT2D eigenvalue weighted by atomic mass is 10.0. The Balaban J connectivity index is 1.92. The van der Waals surface area contributed by atoms with E-state index >= 15 is 0 Å². The predicted molar refractivity (Wildman–Crippen MR) is 67.7 cm³/mol. The third kappa shape index (κ3) is 2.40. The second-order valence-corrected chi connectivity index (χ2v) is 4.96. The Morgan fingerprint density at radius 3 is 2.84 bits per heavy atom. The number of nitrogens with one attached hydrogen (secondary N) is 1. The first-order valence-electron chi connectivity index (χ1n) is 6.10. The van der Waals surface area contributed by atoms with Gasteiger partial charge in [-0.25, -0.2) is 0 Å². The quantitative estimate of drug-likeness (QED) is 0.782. The molecular weight excluding hydrogens is 255 g/mol. The number of benzene rings is 1. The number of rotatable bonds is 1. The van der Waals surface area contributed by atoms with Crippen LogP contribution in [0.3, 0.4) is 0 Å². The molecule has 0 atom stereocenters. The number of H-pyrrole nitrogens is 1. The number of halogens is 3. The van der Waals surface area contributed by atoms with Gasteiger partial charge in [0.25, 0.3) is 0 Å². The van der Waals surface area contributed by atoms with Gasteiger partial charge in [0.2, 0.25) is 0 Å². The molecule has 0 saturated carbocycles. The number of nitrogen functional groups attached to an aromatic ring is 1. The van der Waals surface area contributed by atoms with Crippen molar-refractivity contribution in [2.45, 2.75) is 19.1 Å². The summed E-state index contributed by atoms with van der Waals surface area (Å²) < 4.78 is 37.2. The summed E-state index contributed by atoms with van der Waals surface area (Å²) in [6, 6.07) is 5.54. The van der Waals surface area contributed by atoms with E-state index in [0.717, 1.165) is 22.2 Å². The topological polar surface area (TPSA) is 45.1 Å². The molecule has 0 saturated heterocycles. The lowest BCUT2D eigenvalue weighted by Gasteiger charge is -2.27. The van der Waals surface area contributed by atoms with Gasteiger partial charge in [-0.1, -0.05) is 0 Å². The van der Waals surface area contributed by atoms with E-state index in [9.17, 15) is 13.2 Å². The zero-order valence-corrected chi connectivity index (χ0v) is 10.2. The summed E-state index contributed by atoms with van der Waals surface area (Å²) >= 11 is 0. The van der Waals surface area contributed by atoms with Crippen LogP contribution in [-0.2, 0) is 13.0 Å². The van der Waals surface area contributed by atoms with Crippen LogP contribution in [0.25, 0.3) is 10.9 Å². The highest BCUT2D eigenvalue weighted by Crippen LogP contribution is 2.30. The zero-order chi connectivity index (χ0) is 13.6. The number of nitrogens with two attached hydrogens (primary N) is 1. The molecule has 0 amide bonds. The van der Waals surface area contributed by atoms with E-state index in [4.69, 9.17) is 5.73 Å². The minimum Gasteiger partial charge on any atom is -0.399 e. The Morgan fingerprint density at radius 1 is 1.32 bits per heavy atom. The standard InChI is InChI=1S/C13H14F3N3/c14-13(15,16)7-19-4-3-9-10-5-8(17)1-2-11(10)18-12(9)6-19/h1-2,5,18H,3-4,6-7,17H2. The van der Waals surface area contributed by atoms with Crippen LogP contribution in [0, 0.1) is 0 Å². The Hall–Kier alpha value is -1.69. The van der Waals surface area contributed by atoms with Crippen LogP contribution in [0.15, 0.2) is 18.2 Å². The third-order valence-electron chi connectivity index (χ3n) is 3.48. The molecule has 0 unspecified atom stereocenters. The summed E-state index contributed by atoms with van der Waals surface area (Å²) in [5, 5.41) is 1.03. The molecular formula is C13H14F3N3. The average Bonchev–Trinajstić information content (AvgIpc) is 2.64.